The summed E-state index contributed by atoms with van der Waals surface area (Å²) in [6.45, 7) is 5.19. The monoisotopic (exact) mass is 186 g/mol. The Labute approximate surface area is 76.9 Å². The van der Waals surface area contributed by atoms with Gasteiger partial charge in [0.05, 0.1) is 13.2 Å². The highest BCUT2D eigenvalue weighted by molar-refractivity contribution is 6.06. The second-order valence-electron chi connectivity index (χ2n) is 4.46. The molecule has 0 aliphatic carbocycles. The molecule has 13 heavy (non-hydrogen) atoms. The van der Waals surface area contributed by atoms with Crippen LogP contribution in [0, 0.1) is 10.8 Å². The maximum Gasteiger partial charge on any atom is 0.322 e. The third-order valence-electron chi connectivity index (χ3n) is 2.22. The summed E-state index contributed by atoms with van der Waals surface area (Å²) in [5.41, 5.74) is -1.90. The summed E-state index contributed by atoms with van der Waals surface area (Å²) < 4.78 is 4.81. The zero-order chi connectivity index (χ0) is 10.3. The molecule has 1 fully saturated rings. The van der Waals surface area contributed by atoms with Crippen molar-refractivity contribution in [2.45, 2.75) is 20.8 Å². The first-order chi connectivity index (χ1) is 5.81. The molecule has 1 rings (SSSR count). The molecule has 0 aromatic rings. The molecular weight excluding hydrogens is 172 g/mol. The quantitative estimate of drug-likeness (QED) is 0.645. The summed E-state index contributed by atoms with van der Waals surface area (Å²) in [7, 11) is 0. The number of ether oxygens (including phenoxy) is 1. The van der Waals surface area contributed by atoms with Crippen molar-refractivity contribution in [3.63, 3.8) is 0 Å². The number of rotatable bonds is 2. The Morgan fingerprint density at radius 1 is 1.31 bits per heavy atom. The third kappa shape index (κ3) is 1.46. The number of aliphatic carboxylic acids is 1. The molecule has 0 saturated carbocycles. The van der Waals surface area contributed by atoms with Crippen molar-refractivity contribution in [3.05, 3.63) is 0 Å². The molecule has 1 saturated heterocycles. The fourth-order valence-corrected chi connectivity index (χ4v) is 1.38. The number of carbonyl (C=O) groups is 2. The molecule has 0 atom stereocenters. The minimum Gasteiger partial charge on any atom is -0.480 e. The van der Waals surface area contributed by atoms with Crippen LogP contribution in [-0.4, -0.2) is 30.1 Å². The molecule has 1 N–H and O–H groups in total. The highest BCUT2D eigenvalue weighted by Crippen LogP contribution is 2.36. The maximum absolute atomic E-state index is 11.7. The van der Waals surface area contributed by atoms with E-state index in [1.807, 2.05) is 0 Å². The summed E-state index contributed by atoms with van der Waals surface area (Å²) in [4.78, 5) is 22.6. The minimum absolute atomic E-state index is 0.0123. The molecule has 0 unspecified atom stereocenters. The van der Waals surface area contributed by atoms with Gasteiger partial charge >= 0.3 is 5.97 Å². The summed E-state index contributed by atoms with van der Waals surface area (Å²) >= 11 is 0. The van der Waals surface area contributed by atoms with Crippen molar-refractivity contribution >= 4 is 11.8 Å². The number of hydrogen-bond donors (Lipinski definition) is 1. The lowest BCUT2D eigenvalue weighted by atomic mass is 9.71. The predicted octanol–water partition coefficient (Wildman–Crippen LogP) is 0.703. The van der Waals surface area contributed by atoms with Crippen LogP contribution in [-0.2, 0) is 14.3 Å². The molecule has 0 radical (unpaired) electrons. The van der Waals surface area contributed by atoms with Gasteiger partial charge in [-0.2, -0.15) is 0 Å². The second-order valence-corrected chi connectivity index (χ2v) is 4.46. The Morgan fingerprint density at radius 3 is 1.85 bits per heavy atom. The van der Waals surface area contributed by atoms with E-state index in [1.54, 1.807) is 20.8 Å². The molecule has 4 heteroatoms. The van der Waals surface area contributed by atoms with Crippen LogP contribution in [0.5, 0.6) is 0 Å². The fourth-order valence-electron chi connectivity index (χ4n) is 1.38. The normalized spacial score (nSPS) is 20.5. The number of ketones is 1. The number of hydrogen-bond acceptors (Lipinski definition) is 3. The van der Waals surface area contributed by atoms with E-state index in [2.05, 4.69) is 0 Å². The van der Waals surface area contributed by atoms with E-state index in [-0.39, 0.29) is 19.0 Å². The zero-order valence-electron chi connectivity index (χ0n) is 8.09. The largest absolute Gasteiger partial charge is 0.480 e. The number of carbonyl (C=O) groups excluding carboxylic acids is 1. The van der Waals surface area contributed by atoms with Crippen LogP contribution in [0.15, 0.2) is 0 Å². The van der Waals surface area contributed by atoms with Crippen molar-refractivity contribution in [1.29, 1.82) is 0 Å². The Balaban J connectivity index is 2.91. The van der Waals surface area contributed by atoms with Crippen molar-refractivity contribution in [1.82, 2.24) is 0 Å². The summed E-state index contributed by atoms with van der Waals surface area (Å²) in [6, 6.07) is 0. The van der Waals surface area contributed by atoms with E-state index >= 15 is 0 Å². The molecule has 1 aliphatic heterocycles. The van der Waals surface area contributed by atoms with Gasteiger partial charge in [-0.3, -0.25) is 9.59 Å². The highest BCUT2D eigenvalue weighted by Gasteiger charge is 2.55. The van der Waals surface area contributed by atoms with Gasteiger partial charge in [0.15, 0.2) is 11.2 Å². The minimum atomic E-state index is -1.28. The molecule has 0 aromatic carbocycles. The second kappa shape index (κ2) is 2.80. The van der Waals surface area contributed by atoms with Gasteiger partial charge in [0, 0.05) is 5.41 Å². The third-order valence-corrected chi connectivity index (χ3v) is 2.22. The van der Waals surface area contributed by atoms with Gasteiger partial charge in [0.25, 0.3) is 0 Å². The van der Waals surface area contributed by atoms with Crippen molar-refractivity contribution in [2.24, 2.45) is 10.8 Å². The van der Waals surface area contributed by atoms with Crippen molar-refractivity contribution in [2.75, 3.05) is 13.2 Å². The topological polar surface area (TPSA) is 63.6 Å². The average Bonchev–Trinajstić information content (AvgIpc) is 1.81. The Hall–Kier alpha value is -0.900. The van der Waals surface area contributed by atoms with Gasteiger partial charge in [-0.15, -0.1) is 0 Å². The molecule has 0 bridgehead atoms. The van der Waals surface area contributed by atoms with Gasteiger partial charge in [-0.05, 0) is 0 Å². The van der Waals surface area contributed by atoms with Crippen molar-refractivity contribution in [3.8, 4) is 0 Å². The maximum atomic E-state index is 11.7. The van der Waals surface area contributed by atoms with E-state index in [1.165, 1.54) is 0 Å². The molecule has 0 aromatic heterocycles. The van der Waals surface area contributed by atoms with Crippen LogP contribution in [0.4, 0.5) is 0 Å². The average molecular weight is 186 g/mol. The van der Waals surface area contributed by atoms with Gasteiger partial charge in [-0.25, -0.2) is 0 Å². The smallest absolute Gasteiger partial charge is 0.322 e. The van der Waals surface area contributed by atoms with Crippen LogP contribution < -0.4 is 0 Å². The Kier molecular flexibility index (Phi) is 2.20. The first kappa shape index (κ1) is 10.2. The van der Waals surface area contributed by atoms with E-state index in [0.717, 1.165) is 0 Å². The lowest BCUT2D eigenvalue weighted by Crippen LogP contribution is -2.58. The summed E-state index contributed by atoms with van der Waals surface area (Å²) in [6.07, 6.45) is 0. The molecule has 1 heterocycles. The van der Waals surface area contributed by atoms with Crippen LogP contribution in [0.2, 0.25) is 0 Å². The lowest BCUT2D eigenvalue weighted by molar-refractivity contribution is -0.188. The van der Waals surface area contributed by atoms with E-state index in [4.69, 9.17) is 9.84 Å². The fraction of sp³-hybridized carbons (Fsp3) is 0.778. The van der Waals surface area contributed by atoms with E-state index in [0.29, 0.717) is 0 Å². The molecule has 4 nitrogen and oxygen atoms in total. The lowest BCUT2D eigenvalue weighted by Gasteiger charge is -2.39. The molecule has 1 aliphatic rings. The van der Waals surface area contributed by atoms with Gasteiger partial charge in [0.2, 0.25) is 0 Å². The van der Waals surface area contributed by atoms with Crippen LogP contribution in [0.1, 0.15) is 20.8 Å². The number of carboxylic acids is 1. The molecular formula is C9H14O4. The van der Waals surface area contributed by atoms with Crippen LogP contribution in [0.25, 0.3) is 0 Å². The first-order valence-corrected chi connectivity index (χ1v) is 4.17. The number of Topliss-reactive ketones (excluding diaryl/α,β-unsaturated/α-hetero) is 1. The first-order valence-electron chi connectivity index (χ1n) is 4.17. The Morgan fingerprint density at radius 2 is 1.77 bits per heavy atom. The molecule has 0 spiro atoms. The standard InChI is InChI=1S/C9H14O4/c1-8(2,3)6(10)9(7(11)12)4-13-5-9/h4-5H2,1-3H3,(H,11,12). The van der Waals surface area contributed by atoms with Gasteiger partial charge < -0.3 is 9.84 Å². The SMILES string of the molecule is CC(C)(C)C(=O)C1(C(=O)O)COC1. The van der Waals surface area contributed by atoms with Crippen LogP contribution in [0.3, 0.4) is 0 Å². The van der Waals surface area contributed by atoms with Gasteiger partial charge in [0.1, 0.15) is 0 Å². The Bertz CT molecular complexity index is 245. The highest BCUT2D eigenvalue weighted by atomic mass is 16.5. The zero-order valence-corrected chi connectivity index (χ0v) is 8.09. The predicted molar refractivity (Wildman–Crippen MR) is 45.3 cm³/mol. The van der Waals surface area contributed by atoms with Crippen LogP contribution >= 0.6 is 0 Å². The molecule has 74 valence electrons. The summed E-state index contributed by atoms with van der Waals surface area (Å²) in [5.74, 6) is -1.32. The number of carboxylic acid groups (broad SMARTS) is 1. The van der Waals surface area contributed by atoms with E-state index < -0.39 is 16.8 Å². The van der Waals surface area contributed by atoms with Gasteiger partial charge in [-0.1, -0.05) is 20.8 Å². The summed E-state index contributed by atoms with van der Waals surface area (Å²) in [5, 5.41) is 8.92. The van der Waals surface area contributed by atoms with E-state index in [9.17, 15) is 9.59 Å². The van der Waals surface area contributed by atoms with Crippen molar-refractivity contribution < 1.29 is 19.4 Å². The molecule has 0 amide bonds.